The molecule has 0 unspecified atom stereocenters. The van der Waals surface area contributed by atoms with E-state index in [-0.39, 0.29) is 25.5 Å². The van der Waals surface area contributed by atoms with Gasteiger partial charge in [-0.15, -0.1) is 0 Å². The number of methoxy groups -OCH3 is 1. The molecule has 1 aromatic carbocycles. The lowest BCUT2D eigenvalue weighted by atomic mass is 10.2. The van der Waals surface area contributed by atoms with Crippen LogP contribution in [0, 0.1) is 0 Å². The van der Waals surface area contributed by atoms with Gasteiger partial charge in [0, 0.05) is 19.2 Å². The van der Waals surface area contributed by atoms with E-state index in [1.165, 1.54) is 32.4 Å². The fourth-order valence-electron chi connectivity index (χ4n) is 1.53. The number of hydrogen-bond acceptors (Lipinski definition) is 5. The van der Waals surface area contributed by atoms with Crippen LogP contribution in [0.2, 0.25) is 0 Å². The van der Waals surface area contributed by atoms with Crippen molar-refractivity contribution in [3.05, 3.63) is 23.8 Å². The minimum atomic E-state index is -0.990. The van der Waals surface area contributed by atoms with Crippen LogP contribution in [0.4, 0.5) is 0 Å². The summed E-state index contributed by atoms with van der Waals surface area (Å²) in [6.07, 6.45) is -0.157. The predicted molar refractivity (Wildman–Crippen MR) is 77.1 cm³/mol. The molecule has 8 heteroatoms. The second-order valence-corrected chi connectivity index (χ2v) is 4.23. The van der Waals surface area contributed by atoms with Crippen molar-refractivity contribution < 1.29 is 29.0 Å². The Kier molecular flexibility index (Phi) is 6.68. The summed E-state index contributed by atoms with van der Waals surface area (Å²) in [5.74, 6) is -1.08. The second kappa shape index (κ2) is 8.50. The third kappa shape index (κ3) is 5.31. The number of carboxylic acids is 1. The molecule has 0 aliphatic heterocycles. The zero-order valence-electron chi connectivity index (χ0n) is 12.3. The second-order valence-electron chi connectivity index (χ2n) is 4.23. The van der Waals surface area contributed by atoms with Gasteiger partial charge in [-0.2, -0.15) is 0 Å². The average molecular weight is 310 g/mol. The molecule has 0 saturated carbocycles. The van der Waals surface area contributed by atoms with E-state index in [9.17, 15) is 14.4 Å². The van der Waals surface area contributed by atoms with E-state index in [1.807, 2.05) is 0 Å². The van der Waals surface area contributed by atoms with Crippen molar-refractivity contribution in [1.29, 1.82) is 0 Å². The zero-order valence-corrected chi connectivity index (χ0v) is 12.3. The first-order valence-corrected chi connectivity index (χ1v) is 6.49. The highest BCUT2D eigenvalue weighted by Gasteiger charge is 2.12. The summed E-state index contributed by atoms with van der Waals surface area (Å²) < 4.78 is 10.4. The van der Waals surface area contributed by atoms with Gasteiger partial charge in [-0.3, -0.25) is 14.4 Å². The molecule has 0 bridgehead atoms. The van der Waals surface area contributed by atoms with E-state index in [4.69, 9.17) is 14.6 Å². The lowest BCUT2D eigenvalue weighted by Gasteiger charge is -2.11. The van der Waals surface area contributed by atoms with E-state index >= 15 is 0 Å². The summed E-state index contributed by atoms with van der Waals surface area (Å²) in [4.78, 5) is 33.4. The summed E-state index contributed by atoms with van der Waals surface area (Å²) in [7, 11) is 2.90. The molecule has 0 fully saturated rings. The number of carboxylic acid groups (broad SMARTS) is 1. The van der Waals surface area contributed by atoms with Gasteiger partial charge in [-0.1, -0.05) is 0 Å². The number of likely N-dealkylation sites (N-methyl/N-ethyl adjacent to an activating group) is 1. The van der Waals surface area contributed by atoms with Gasteiger partial charge >= 0.3 is 5.97 Å². The quantitative estimate of drug-likeness (QED) is 0.624. The number of ether oxygens (including phenoxy) is 2. The lowest BCUT2D eigenvalue weighted by Crippen LogP contribution is -2.26. The van der Waals surface area contributed by atoms with E-state index < -0.39 is 11.9 Å². The van der Waals surface area contributed by atoms with Crippen LogP contribution in [0.1, 0.15) is 16.8 Å². The predicted octanol–water partition coefficient (Wildman–Crippen LogP) is 0.0245. The minimum absolute atomic E-state index is 0.0331. The van der Waals surface area contributed by atoms with E-state index in [0.29, 0.717) is 17.1 Å². The van der Waals surface area contributed by atoms with Crippen molar-refractivity contribution in [3.63, 3.8) is 0 Å². The minimum Gasteiger partial charge on any atom is -0.493 e. The van der Waals surface area contributed by atoms with Crippen molar-refractivity contribution in [1.82, 2.24) is 10.6 Å². The molecule has 120 valence electrons. The molecule has 0 saturated heterocycles. The molecule has 0 aromatic heterocycles. The molecule has 0 aliphatic rings. The highest BCUT2D eigenvalue weighted by Crippen LogP contribution is 2.28. The first kappa shape index (κ1) is 17.3. The van der Waals surface area contributed by atoms with Gasteiger partial charge in [-0.25, -0.2) is 0 Å². The molecule has 0 spiro atoms. The number of nitrogens with one attached hydrogen (secondary N) is 2. The average Bonchev–Trinajstić information content (AvgIpc) is 2.51. The van der Waals surface area contributed by atoms with Gasteiger partial charge in [0.05, 0.1) is 13.5 Å². The number of amides is 2. The first-order chi connectivity index (χ1) is 10.5. The molecule has 1 aromatic rings. The van der Waals surface area contributed by atoms with Crippen molar-refractivity contribution in [2.75, 3.05) is 27.3 Å². The standard InChI is InChI=1S/C14H18N2O6/c1-15-12(17)8-22-10-4-3-9(7-11(10)21-2)14(20)16-6-5-13(18)19/h3-4,7H,5-6,8H2,1-2H3,(H,15,17)(H,16,20)(H,18,19). The fourth-order valence-corrected chi connectivity index (χ4v) is 1.53. The van der Waals surface area contributed by atoms with Crippen LogP contribution in [0.15, 0.2) is 18.2 Å². The number of carbonyl (C=O) groups is 3. The molecule has 0 atom stereocenters. The number of carbonyl (C=O) groups excluding carboxylic acids is 2. The maximum Gasteiger partial charge on any atom is 0.305 e. The Balaban J connectivity index is 2.72. The molecule has 0 heterocycles. The summed E-state index contributed by atoms with van der Waals surface area (Å²) in [5.41, 5.74) is 0.300. The Morgan fingerprint density at radius 3 is 2.55 bits per heavy atom. The van der Waals surface area contributed by atoms with Crippen LogP contribution in [-0.2, 0) is 9.59 Å². The van der Waals surface area contributed by atoms with Gasteiger partial charge in [0.2, 0.25) is 0 Å². The van der Waals surface area contributed by atoms with E-state index in [0.717, 1.165) is 0 Å². The van der Waals surface area contributed by atoms with Crippen LogP contribution in [-0.4, -0.2) is 50.2 Å². The smallest absolute Gasteiger partial charge is 0.305 e. The van der Waals surface area contributed by atoms with E-state index in [2.05, 4.69) is 10.6 Å². The molecule has 1 rings (SSSR count). The Bertz CT molecular complexity index is 558. The SMILES string of the molecule is CNC(=O)COc1ccc(C(=O)NCCC(=O)O)cc1OC. The largest absolute Gasteiger partial charge is 0.493 e. The fraction of sp³-hybridized carbons (Fsp3) is 0.357. The Morgan fingerprint density at radius 1 is 1.23 bits per heavy atom. The molecular weight excluding hydrogens is 292 g/mol. The Labute approximate surface area is 127 Å². The molecule has 2 amide bonds. The maximum atomic E-state index is 11.9. The van der Waals surface area contributed by atoms with Gasteiger partial charge in [0.1, 0.15) is 0 Å². The Morgan fingerprint density at radius 2 is 1.95 bits per heavy atom. The first-order valence-electron chi connectivity index (χ1n) is 6.49. The van der Waals surface area contributed by atoms with Gasteiger partial charge < -0.3 is 25.2 Å². The maximum absolute atomic E-state index is 11.9. The zero-order chi connectivity index (χ0) is 16.5. The number of rotatable bonds is 8. The van der Waals surface area contributed by atoms with E-state index in [1.54, 1.807) is 0 Å². The summed E-state index contributed by atoms with van der Waals surface area (Å²) in [5, 5.41) is 13.4. The molecule has 0 aliphatic carbocycles. The van der Waals surface area contributed by atoms with Gasteiger partial charge in [0.15, 0.2) is 18.1 Å². The van der Waals surface area contributed by atoms with Crippen LogP contribution >= 0.6 is 0 Å². The van der Waals surface area contributed by atoms with Crippen molar-refractivity contribution in [2.45, 2.75) is 6.42 Å². The van der Waals surface area contributed by atoms with Crippen molar-refractivity contribution in [3.8, 4) is 11.5 Å². The monoisotopic (exact) mass is 310 g/mol. The highest BCUT2D eigenvalue weighted by atomic mass is 16.5. The normalized spacial score (nSPS) is 9.73. The Hall–Kier alpha value is -2.77. The molecule has 8 nitrogen and oxygen atoms in total. The van der Waals surface area contributed by atoms with Crippen molar-refractivity contribution >= 4 is 17.8 Å². The van der Waals surface area contributed by atoms with Crippen LogP contribution in [0.5, 0.6) is 11.5 Å². The summed E-state index contributed by atoms with van der Waals surface area (Å²) in [6, 6.07) is 4.46. The van der Waals surface area contributed by atoms with Gasteiger partial charge in [-0.05, 0) is 18.2 Å². The number of aliphatic carboxylic acids is 1. The van der Waals surface area contributed by atoms with Crippen LogP contribution in [0.25, 0.3) is 0 Å². The van der Waals surface area contributed by atoms with Gasteiger partial charge in [0.25, 0.3) is 11.8 Å². The van der Waals surface area contributed by atoms with Crippen LogP contribution in [0.3, 0.4) is 0 Å². The lowest BCUT2D eigenvalue weighted by molar-refractivity contribution is -0.136. The molecule has 0 radical (unpaired) electrons. The third-order valence-corrected chi connectivity index (χ3v) is 2.69. The summed E-state index contributed by atoms with van der Waals surface area (Å²) in [6.45, 7) is -0.136. The summed E-state index contributed by atoms with van der Waals surface area (Å²) >= 11 is 0. The highest BCUT2D eigenvalue weighted by molar-refractivity contribution is 5.95. The molecule has 3 N–H and O–H groups in total. The number of benzene rings is 1. The number of hydrogen-bond donors (Lipinski definition) is 3. The third-order valence-electron chi connectivity index (χ3n) is 2.69. The topological polar surface area (TPSA) is 114 Å². The molecule has 22 heavy (non-hydrogen) atoms. The van der Waals surface area contributed by atoms with Crippen LogP contribution < -0.4 is 20.1 Å². The molecular formula is C14H18N2O6. The van der Waals surface area contributed by atoms with Crippen molar-refractivity contribution in [2.24, 2.45) is 0 Å².